The number of hydrogen-bond acceptors (Lipinski definition) is 4. The van der Waals surface area contributed by atoms with Crippen molar-refractivity contribution in [1.29, 1.82) is 0 Å². The fourth-order valence-corrected chi connectivity index (χ4v) is 3.72. The molecule has 2 amide bonds. The second-order valence-corrected chi connectivity index (χ2v) is 9.63. The average Bonchev–Trinajstić information content (AvgIpc) is 3.18. The van der Waals surface area contributed by atoms with E-state index in [-0.39, 0.29) is 29.8 Å². The standard InChI is InChI=1S/C26H33N3O3/c1-18-10-12-19(13-11-18)23-15-22(20-8-7-9-21(14-20)32-6)27-29(23)25(31)17-28(5)24(30)16-26(2,3)4/h7-14,23H,15-17H2,1-6H3. The Hall–Kier alpha value is -3.15. The molecule has 32 heavy (non-hydrogen) atoms. The normalized spacial score (nSPS) is 16.0. The van der Waals surface area contributed by atoms with Gasteiger partial charge in [-0.2, -0.15) is 5.10 Å². The lowest BCUT2D eigenvalue weighted by Crippen LogP contribution is -2.40. The maximum atomic E-state index is 13.3. The van der Waals surface area contributed by atoms with Crippen LogP contribution in [-0.2, 0) is 9.59 Å². The number of likely N-dealkylation sites (N-methyl/N-ethyl adjacent to an activating group) is 1. The number of methoxy groups -OCH3 is 1. The van der Waals surface area contributed by atoms with Crippen molar-refractivity contribution >= 4 is 17.5 Å². The van der Waals surface area contributed by atoms with Gasteiger partial charge in [-0.25, -0.2) is 5.01 Å². The third kappa shape index (κ3) is 5.75. The molecule has 0 saturated carbocycles. The molecule has 0 N–H and O–H groups in total. The summed E-state index contributed by atoms with van der Waals surface area (Å²) in [6, 6.07) is 15.7. The molecule has 0 spiro atoms. The van der Waals surface area contributed by atoms with Crippen LogP contribution in [0, 0.1) is 12.3 Å². The van der Waals surface area contributed by atoms with Crippen molar-refractivity contribution in [2.24, 2.45) is 10.5 Å². The van der Waals surface area contributed by atoms with Crippen LogP contribution in [0.5, 0.6) is 5.75 Å². The molecule has 1 unspecified atom stereocenters. The van der Waals surface area contributed by atoms with Crippen LogP contribution in [-0.4, -0.2) is 48.1 Å². The molecule has 0 fully saturated rings. The first-order valence-corrected chi connectivity index (χ1v) is 10.9. The van der Waals surface area contributed by atoms with Gasteiger partial charge in [-0.1, -0.05) is 62.7 Å². The molecule has 3 rings (SSSR count). The number of rotatable bonds is 6. The first-order chi connectivity index (χ1) is 15.1. The number of hydrogen-bond donors (Lipinski definition) is 0. The second-order valence-electron chi connectivity index (χ2n) is 9.63. The van der Waals surface area contributed by atoms with Crippen LogP contribution in [0.2, 0.25) is 0 Å². The van der Waals surface area contributed by atoms with Gasteiger partial charge in [0.1, 0.15) is 12.3 Å². The first kappa shape index (κ1) is 23.5. The average molecular weight is 436 g/mol. The van der Waals surface area contributed by atoms with Gasteiger partial charge in [0.25, 0.3) is 5.91 Å². The summed E-state index contributed by atoms with van der Waals surface area (Å²) in [4.78, 5) is 27.3. The van der Waals surface area contributed by atoms with Crippen molar-refractivity contribution in [3.05, 3.63) is 65.2 Å². The molecule has 1 aliphatic rings. The number of ether oxygens (including phenoxy) is 1. The quantitative estimate of drug-likeness (QED) is 0.667. The second kappa shape index (κ2) is 9.55. The van der Waals surface area contributed by atoms with Crippen LogP contribution in [0.1, 0.15) is 56.3 Å². The lowest BCUT2D eigenvalue weighted by molar-refractivity contribution is -0.141. The van der Waals surface area contributed by atoms with E-state index in [9.17, 15) is 9.59 Å². The Bertz CT molecular complexity index is 1010. The number of aryl methyl sites for hydroxylation is 1. The molecule has 1 aliphatic heterocycles. The highest BCUT2D eigenvalue weighted by molar-refractivity contribution is 6.03. The summed E-state index contributed by atoms with van der Waals surface area (Å²) in [5.74, 6) is 0.501. The van der Waals surface area contributed by atoms with Crippen LogP contribution in [0.4, 0.5) is 0 Å². The van der Waals surface area contributed by atoms with Crippen LogP contribution in [0.25, 0.3) is 0 Å². The van der Waals surface area contributed by atoms with E-state index in [1.54, 1.807) is 19.2 Å². The van der Waals surface area contributed by atoms with E-state index < -0.39 is 0 Å². The van der Waals surface area contributed by atoms with Crippen molar-refractivity contribution < 1.29 is 14.3 Å². The highest BCUT2D eigenvalue weighted by Crippen LogP contribution is 2.33. The zero-order valence-corrected chi connectivity index (χ0v) is 19.9. The van der Waals surface area contributed by atoms with Crippen molar-refractivity contribution in [1.82, 2.24) is 9.91 Å². The van der Waals surface area contributed by atoms with Gasteiger partial charge >= 0.3 is 0 Å². The van der Waals surface area contributed by atoms with Crippen molar-refractivity contribution in [2.45, 2.75) is 46.6 Å². The number of carbonyl (C=O) groups is 2. The van der Waals surface area contributed by atoms with Gasteiger partial charge < -0.3 is 9.64 Å². The van der Waals surface area contributed by atoms with Crippen molar-refractivity contribution in [3.63, 3.8) is 0 Å². The number of hydrazone groups is 1. The Morgan fingerprint density at radius 1 is 1.16 bits per heavy atom. The molecule has 6 heteroatoms. The molecular formula is C26H33N3O3. The van der Waals surface area contributed by atoms with Crippen molar-refractivity contribution in [3.8, 4) is 5.75 Å². The number of amides is 2. The maximum Gasteiger partial charge on any atom is 0.262 e. The SMILES string of the molecule is COc1cccc(C2=NN(C(=O)CN(C)C(=O)CC(C)(C)C)C(c3ccc(C)cc3)C2)c1. The fraction of sp³-hybridized carbons (Fsp3) is 0.423. The molecule has 170 valence electrons. The zero-order chi connectivity index (χ0) is 23.5. The monoisotopic (exact) mass is 435 g/mol. The minimum absolute atomic E-state index is 0.00777. The Morgan fingerprint density at radius 3 is 2.47 bits per heavy atom. The third-order valence-corrected chi connectivity index (χ3v) is 5.51. The summed E-state index contributed by atoms with van der Waals surface area (Å²) in [5.41, 5.74) is 3.80. The van der Waals surface area contributed by atoms with E-state index in [0.717, 1.165) is 28.2 Å². The predicted octanol–water partition coefficient (Wildman–Crippen LogP) is 4.58. The molecule has 2 aromatic rings. The lowest BCUT2D eigenvalue weighted by atomic mass is 9.92. The molecular weight excluding hydrogens is 402 g/mol. The van der Waals surface area contributed by atoms with Gasteiger partial charge in [-0.05, 0) is 30.0 Å². The summed E-state index contributed by atoms with van der Waals surface area (Å²) < 4.78 is 5.35. The highest BCUT2D eigenvalue weighted by atomic mass is 16.5. The Kier molecular flexibility index (Phi) is 7.02. The van der Waals surface area contributed by atoms with Crippen LogP contribution in [0.15, 0.2) is 53.6 Å². The van der Waals surface area contributed by atoms with Gasteiger partial charge in [0.05, 0.1) is 18.9 Å². The number of carbonyl (C=O) groups excluding carboxylic acids is 2. The summed E-state index contributed by atoms with van der Waals surface area (Å²) in [6.45, 7) is 8.07. The summed E-state index contributed by atoms with van der Waals surface area (Å²) in [6.07, 6.45) is 0.984. The van der Waals surface area contributed by atoms with E-state index in [1.807, 2.05) is 76.2 Å². The molecule has 0 saturated heterocycles. The van der Waals surface area contributed by atoms with Crippen LogP contribution < -0.4 is 4.74 Å². The van der Waals surface area contributed by atoms with E-state index in [1.165, 1.54) is 4.90 Å². The molecule has 0 aliphatic carbocycles. The Labute approximate surface area is 190 Å². The molecule has 1 heterocycles. The topological polar surface area (TPSA) is 62.2 Å². The molecule has 6 nitrogen and oxygen atoms in total. The first-order valence-electron chi connectivity index (χ1n) is 10.9. The van der Waals surface area contributed by atoms with Crippen LogP contribution >= 0.6 is 0 Å². The smallest absolute Gasteiger partial charge is 0.262 e. The molecule has 2 aromatic carbocycles. The van der Waals surface area contributed by atoms with E-state index in [4.69, 9.17) is 9.84 Å². The van der Waals surface area contributed by atoms with Gasteiger partial charge in [0.2, 0.25) is 5.91 Å². The molecule has 1 atom stereocenters. The molecule has 0 bridgehead atoms. The fourth-order valence-electron chi connectivity index (χ4n) is 3.72. The summed E-state index contributed by atoms with van der Waals surface area (Å²) in [5, 5.41) is 6.25. The van der Waals surface area contributed by atoms with Gasteiger partial charge in [-0.15, -0.1) is 0 Å². The summed E-state index contributed by atoms with van der Waals surface area (Å²) >= 11 is 0. The van der Waals surface area contributed by atoms with Gasteiger partial charge in [0.15, 0.2) is 0 Å². The Morgan fingerprint density at radius 2 is 1.84 bits per heavy atom. The van der Waals surface area contributed by atoms with E-state index >= 15 is 0 Å². The number of benzene rings is 2. The Balaban J connectivity index is 1.86. The summed E-state index contributed by atoms with van der Waals surface area (Å²) in [7, 11) is 3.31. The van der Waals surface area contributed by atoms with Gasteiger partial charge in [0, 0.05) is 25.5 Å². The predicted molar refractivity (Wildman–Crippen MR) is 127 cm³/mol. The molecule has 0 aromatic heterocycles. The lowest BCUT2D eigenvalue weighted by Gasteiger charge is -2.26. The van der Waals surface area contributed by atoms with E-state index in [2.05, 4.69) is 0 Å². The van der Waals surface area contributed by atoms with Gasteiger partial charge in [-0.3, -0.25) is 9.59 Å². The minimum atomic E-state index is -0.213. The highest BCUT2D eigenvalue weighted by Gasteiger charge is 2.34. The third-order valence-electron chi connectivity index (χ3n) is 5.51. The minimum Gasteiger partial charge on any atom is -0.497 e. The molecule has 0 radical (unpaired) electrons. The largest absolute Gasteiger partial charge is 0.497 e. The van der Waals surface area contributed by atoms with Crippen LogP contribution in [0.3, 0.4) is 0 Å². The number of nitrogens with zero attached hydrogens (tertiary/aromatic N) is 3. The van der Waals surface area contributed by atoms with E-state index in [0.29, 0.717) is 12.8 Å². The maximum absolute atomic E-state index is 13.3. The van der Waals surface area contributed by atoms with Crippen molar-refractivity contribution in [2.75, 3.05) is 20.7 Å². The zero-order valence-electron chi connectivity index (χ0n) is 19.9.